The van der Waals surface area contributed by atoms with Crippen molar-refractivity contribution in [2.75, 3.05) is 6.54 Å². The van der Waals surface area contributed by atoms with Gasteiger partial charge in [-0.1, -0.05) is 12.1 Å². The van der Waals surface area contributed by atoms with Crippen LogP contribution in [0.2, 0.25) is 0 Å². The lowest BCUT2D eigenvalue weighted by Gasteiger charge is -2.02. The molecule has 2 N–H and O–H groups in total. The van der Waals surface area contributed by atoms with Crippen LogP contribution < -0.4 is 5.32 Å². The zero-order chi connectivity index (χ0) is 14.5. The highest BCUT2D eigenvalue weighted by Crippen LogP contribution is 2.07. The summed E-state index contributed by atoms with van der Waals surface area (Å²) >= 11 is 0. The first-order valence-electron chi connectivity index (χ1n) is 6.10. The summed E-state index contributed by atoms with van der Waals surface area (Å²) in [5.41, 5.74) is -0.130. The molecule has 8 heteroatoms. The summed E-state index contributed by atoms with van der Waals surface area (Å²) in [6.45, 7) is 2.56. The molecule has 0 saturated carbocycles. The molecule has 0 fully saturated rings. The van der Waals surface area contributed by atoms with Crippen molar-refractivity contribution >= 4 is 11.9 Å². The van der Waals surface area contributed by atoms with Gasteiger partial charge in [0, 0.05) is 13.0 Å². The molecule has 0 spiro atoms. The molecule has 106 valence electrons. The van der Waals surface area contributed by atoms with Crippen molar-refractivity contribution in [1.82, 2.24) is 20.3 Å². The average Bonchev–Trinajstić information content (AvgIpc) is 3.07. The van der Waals surface area contributed by atoms with Crippen molar-refractivity contribution in [3.63, 3.8) is 0 Å². The second-order valence-corrected chi connectivity index (χ2v) is 4.05. The Bertz CT molecular complexity index is 617. The molecule has 0 aliphatic rings. The Morgan fingerprint density at radius 1 is 1.45 bits per heavy atom. The predicted molar refractivity (Wildman–Crippen MR) is 67.4 cm³/mol. The number of carbonyl (C=O) groups is 2. The molecule has 0 bridgehead atoms. The third kappa shape index (κ3) is 3.22. The van der Waals surface area contributed by atoms with Gasteiger partial charge in [0.2, 0.25) is 0 Å². The van der Waals surface area contributed by atoms with Crippen LogP contribution in [0.5, 0.6) is 0 Å². The van der Waals surface area contributed by atoms with E-state index in [-0.39, 0.29) is 17.4 Å². The summed E-state index contributed by atoms with van der Waals surface area (Å²) in [6, 6.07) is 3.37. The lowest BCUT2D eigenvalue weighted by Crippen LogP contribution is -2.27. The zero-order valence-corrected chi connectivity index (χ0v) is 10.9. The highest BCUT2D eigenvalue weighted by Gasteiger charge is 2.11. The number of carbonyl (C=O) groups excluding carboxylic acids is 1. The van der Waals surface area contributed by atoms with Gasteiger partial charge < -0.3 is 14.8 Å². The van der Waals surface area contributed by atoms with E-state index in [0.29, 0.717) is 13.1 Å². The SMILES string of the molecule is CCc1ccc(C(=O)NCCn2cc(C(=O)O)nn2)o1. The summed E-state index contributed by atoms with van der Waals surface area (Å²) in [7, 11) is 0. The van der Waals surface area contributed by atoms with Crippen molar-refractivity contribution in [1.29, 1.82) is 0 Å². The minimum atomic E-state index is -1.14. The summed E-state index contributed by atoms with van der Waals surface area (Å²) in [5, 5.41) is 18.4. The number of hydrogen-bond acceptors (Lipinski definition) is 5. The van der Waals surface area contributed by atoms with E-state index in [2.05, 4.69) is 15.6 Å². The van der Waals surface area contributed by atoms with Gasteiger partial charge in [0.05, 0.1) is 12.7 Å². The second-order valence-electron chi connectivity index (χ2n) is 4.05. The summed E-state index contributed by atoms with van der Waals surface area (Å²) < 4.78 is 6.66. The van der Waals surface area contributed by atoms with E-state index in [4.69, 9.17) is 9.52 Å². The summed E-state index contributed by atoms with van der Waals surface area (Å²) in [4.78, 5) is 22.3. The number of aromatic nitrogens is 3. The molecule has 0 atom stereocenters. The second kappa shape index (κ2) is 6.00. The van der Waals surface area contributed by atoms with Gasteiger partial charge in [-0.3, -0.25) is 4.79 Å². The Morgan fingerprint density at radius 3 is 2.85 bits per heavy atom. The minimum Gasteiger partial charge on any atom is -0.476 e. The normalized spacial score (nSPS) is 10.4. The van der Waals surface area contributed by atoms with Crippen molar-refractivity contribution in [3.8, 4) is 0 Å². The van der Waals surface area contributed by atoms with E-state index in [1.807, 2.05) is 6.92 Å². The Hall–Kier alpha value is -2.64. The Morgan fingerprint density at radius 2 is 2.25 bits per heavy atom. The summed E-state index contributed by atoms with van der Waals surface area (Å²) in [5.74, 6) is -0.449. The van der Waals surface area contributed by atoms with Gasteiger partial charge in [0.15, 0.2) is 11.5 Å². The zero-order valence-electron chi connectivity index (χ0n) is 10.9. The fourth-order valence-corrected chi connectivity index (χ4v) is 1.57. The minimum absolute atomic E-state index is 0.130. The molecule has 20 heavy (non-hydrogen) atoms. The Labute approximate surface area is 114 Å². The highest BCUT2D eigenvalue weighted by molar-refractivity contribution is 5.91. The van der Waals surface area contributed by atoms with Crippen molar-refractivity contribution in [2.45, 2.75) is 19.9 Å². The van der Waals surface area contributed by atoms with E-state index < -0.39 is 5.97 Å². The molecule has 2 aromatic heterocycles. The lowest BCUT2D eigenvalue weighted by molar-refractivity contribution is 0.0690. The van der Waals surface area contributed by atoms with Crippen LogP contribution in [0, 0.1) is 0 Å². The maximum Gasteiger partial charge on any atom is 0.358 e. The van der Waals surface area contributed by atoms with E-state index in [0.717, 1.165) is 12.2 Å². The molecule has 8 nitrogen and oxygen atoms in total. The number of carboxylic acid groups (broad SMARTS) is 1. The molecule has 1 amide bonds. The van der Waals surface area contributed by atoms with Crippen molar-refractivity contribution in [2.24, 2.45) is 0 Å². The third-order valence-corrected chi connectivity index (χ3v) is 2.62. The molecule has 0 saturated heterocycles. The number of furan rings is 1. The van der Waals surface area contributed by atoms with Gasteiger partial charge in [-0.15, -0.1) is 5.10 Å². The smallest absolute Gasteiger partial charge is 0.358 e. The van der Waals surface area contributed by atoms with Crippen LogP contribution in [0.3, 0.4) is 0 Å². The number of amides is 1. The number of nitrogens with zero attached hydrogens (tertiary/aromatic N) is 3. The molecular formula is C12H14N4O4. The molecular weight excluding hydrogens is 264 g/mol. The molecule has 2 rings (SSSR count). The van der Waals surface area contributed by atoms with Crippen molar-refractivity contribution in [3.05, 3.63) is 35.5 Å². The highest BCUT2D eigenvalue weighted by atomic mass is 16.4. The predicted octanol–water partition coefficient (Wildman–Crippen LogP) is 0.562. The van der Waals surface area contributed by atoms with Gasteiger partial charge in [-0.05, 0) is 12.1 Å². The van der Waals surface area contributed by atoms with E-state index in [1.165, 1.54) is 10.9 Å². The van der Waals surface area contributed by atoms with Crippen molar-refractivity contribution < 1.29 is 19.1 Å². The van der Waals surface area contributed by atoms with Crippen LogP contribution in [0.15, 0.2) is 22.7 Å². The van der Waals surface area contributed by atoms with Crippen LogP contribution in [0.4, 0.5) is 0 Å². The molecule has 2 aromatic rings. The quantitative estimate of drug-likeness (QED) is 0.799. The first-order valence-corrected chi connectivity index (χ1v) is 6.10. The van der Waals surface area contributed by atoms with Gasteiger partial charge >= 0.3 is 5.97 Å². The van der Waals surface area contributed by atoms with Crippen LogP contribution in [-0.4, -0.2) is 38.5 Å². The topological polar surface area (TPSA) is 110 Å². The molecule has 0 unspecified atom stereocenters. The Balaban J connectivity index is 1.82. The Kier molecular flexibility index (Phi) is 4.14. The van der Waals surface area contributed by atoms with E-state index >= 15 is 0 Å². The molecule has 0 radical (unpaired) electrons. The monoisotopic (exact) mass is 278 g/mol. The molecule has 0 aliphatic heterocycles. The number of rotatable bonds is 6. The van der Waals surface area contributed by atoms with Gasteiger partial charge in [-0.2, -0.15) is 0 Å². The first kappa shape index (κ1) is 13.8. The molecule has 0 aliphatic carbocycles. The largest absolute Gasteiger partial charge is 0.476 e. The van der Waals surface area contributed by atoms with Crippen LogP contribution in [0.1, 0.15) is 33.7 Å². The summed E-state index contributed by atoms with van der Waals surface area (Å²) in [6.07, 6.45) is 2.03. The fourth-order valence-electron chi connectivity index (χ4n) is 1.57. The number of hydrogen-bond donors (Lipinski definition) is 2. The van der Waals surface area contributed by atoms with Gasteiger partial charge in [0.25, 0.3) is 5.91 Å². The van der Waals surface area contributed by atoms with E-state index in [9.17, 15) is 9.59 Å². The standard InChI is InChI=1S/C12H14N4O4/c1-2-8-3-4-10(20-8)11(17)13-5-6-16-7-9(12(18)19)14-15-16/h3-4,7H,2,5-6H2,1H3,(H,13,17)(H,18,19). The number of aryl methyl sites for hydroxylation is 1. The van der Waals surface area contributed by atoms with Crippen LogP contribution in [-0.2, 0) is 13.0 Å². The van der Waals surface area contributed by atoms with Crippen LogP contribution in [0.25, 0.3) is 0 Å². The third-order valence-electron chi connectivity index (χ3n) is 2.62. The number of nitrogens with one attached hydrogen (secondary N) is 1. The first-order chi connectivity index (χ1) is 9.60. The van der Waals surface area contributed by atoms with Gasteiger partial charge in [0.1, 0.15) is 5.76 Å². The average molecular weight is 278 g/mol. The van der Waals surface area contributed by atoms with E-state index in [1.54, 1.807) is 12.1 Å². The molecule has 0 aromatic carbocycles. The fraction of sp³-hybridized carbons (Fsp3) is 0.333. The molecule has 2 heterocycles. The van der Waals surface area contributed by atoms with Gasteiger partial charge in [-0.25, -0.2) is 9.48 Å². The maximum atomic E-state index is 11.7. The number of carboxylic acids is 1. The lowest BCUT2D eigenvalue weighted by atomic mass is 10.3. The number of aromatic carboxylic acids is 1. The van der Waals surface area contributed by atoms with Crippen LogP contribution >= 0.6 is 0 Å². The maximum absolute atomic E-state index is 11.7.